The number of carbonyl (C=O) groups is 1. The molecular weight excluding hydrogens is 363 g/mol. The first-order chi connectivity index (χ1) is 11.2. The van der Waals surface area contributed by atoms with Crippen molar-refractivity contribution in [2.75, 3.05) is 13.1 Å². The summed E-state index contributed by atoms with van der Waals surface area (Å²) in [5.41, 5.74) is 6.34. The molecule has 1 fully saturated rings. The summed E-state index contributed by atoms with van der Waals surface area (Å²) in [6, 6.07) is 7.34. The van der Waals surface area contributed by atoms with Gasteiger partial charge in [-0.15, -0.1) is 24.8 Å². The van der Waals surface area contributed by atoms with Gasteiger partial charge in [0.25, 0.3) is 5.91 Å². The maximum Gasteiger partial charge on any atom is 0.254 e. The van der Waals surface area contributed by atoms with E-state index >= 15 is 0 Å². The molecule has 2 aromatic rings. The standard InChI is InChI=1S/C17H20N4O2.2ClH/c1-12-7-13(9-18)11-21(12)17(22)14-3-2-4-15(8-14)23-16-10-19-5-6-20-16;;/h2-6,8,10,12-13H,7,9,11,18H2,1H3;2*1H. The van der Waals surface area contributed by atoms with Crippen LogP contribution in [0.3, 0.4) is 0 Å². The molecule has 6 nitrogen and oxygen atoms in total. The van der Waals surface area contributed by atoms with Gasteiger partial charge in [-0.25, -0.2) is 4.98 Å². The Labute approximate surface area is 159 Å². The van der Waals surface area contributed by atoms with E-state index in [-0.39, 0.29) is 36.8 Å². The number of hydrogen-bond acceptors (Lipinski definition) is 5. The van der Waals surface area contributed by atoms with Crippen molar-refractivity contribution in [1.82, 2.24) is 14.9 Å². The van der Waals surface area contributed by atoms with Crippen LogP contribution >= 0.6 is 24.8 Å². The smallest absolute Gasteiger partial charge is 0.254 e. The largest absolute Gasteiger partial charge is 0.437 e. The van der Waals surface area contributed by atoms with Crippen LogP contribution in [0.15, 0.2) is 42.9 Å². The van der Waals surface area contributed by atoms with E-state index in [1.165, 1.54) is 6.20 Å². The number of rotatable bonds is 4. The number of nitrogens with zero attached hydrogens (tertiary/aromatic N) is 3. The first-order valence-electron chi connectivity index (χ1n) is 7.72. The van der Waals surface area contributed by atoms with Crippen molar-refractivity contribution in [2.24, 2.45) is 11.7 Å². The van der Waals surface area contributed by atoms with Crippen LogP contribution in [-0.2, 0) is 0 Å². The molecule has 1 aliphatic rings. The molecule has 0 aliphatic carbocycles. The van der Waals surface area contributed by atoms with Crippen molar-refractivity contribution < 1.29 is 9.53 Å². The predicted octanol–water partition coefficient (Wildman–Crippen LogP) is 2.92. The molecule has 1 aromatic heterocycles. The number of hydrogen-bond donors (Lipinski definition) is 1. The van der Waals surface area contributed by atoms with E-state index in [9.17, 15) is 4.79 Å². The van der Waals surface area contributed by atoms with Gasteiger partial charge in [-0.05, 0) is 44.0 Å². The van der Waals surface area contributed by atoms with Gasteiger partial charge in [0.2, 0.25) is 5.88 Å². The maximum atomic E-state index is 12.7. The number of ether oxygens (including phenoxy) is 1. The second-order valence-electron chi connectivity index (χ2n) is 5.82. The van der Waals surface area contributed by atoms with E-state index < -0.39 is 0 Å². The summed E-state index contributed by atoms with van der Waals surface area (Å²) in [7, 11) is 0. The molecule has 1 aromatic carbocycles. The third-order valence-corrected chi connectivity index (χ3v) is 4.10. The molecule has 0 bridgehead atoms. The summed E-state index contributed by atoms with van der Waals surface area (Å²) < 4.78 is 5.64. The summed E-state index contributed by atoms with van der Waals surface area (Å²) in [4.78, 5) is 22.6. The Morgan fingerprint density at radius 1 is 1.36 bits per heavy atom. The molecule has 2 N–H and O–H groups in total. The van der Waals surface area contributed by atoms with E-state index in [1.54, 1.807) is 36.7 Å². The number of likely N-dealkylation sites (tertiary alicyclic amines) is 1. The van der Waals surface area contributed by atoms with Gasteiger partial charge < -0.3 is 15.4 Å². The average molecular weight is 385 g/mol. The van der Waals surface area contributed by atoms with Gasteiger partial charge in [-0.1, -0.05) is 6.07 Å². The topological polar surface area (TPSA) is 81.3 Å². The molecule has 0 spiro atoms. The SMILES string of the molecule is CC1CC(CN)CN1C(=O)c1cccc(Oc2cnccn2)c1.Cl.Cl. The zero-order valence-corrected chi connectivity index (χ0v) is 15.5. The number of amides is 1. The average Bonchev–Trinajstić information content (AvgIpc) is 2.96. The second kappa shape index (κ2) is 9.56. The van der Waals surface area contributed by atoms with Crippen molar-refractivity contribution in [2.45, 2.75) is 19.4 Å². The molecule has 2 unspecified atom stereocenters. The molecule has 2 heterocycles. The molecule has 2 atom stereocenters. The Morgan fingerprint density at radius 2 is 2.16 bits per heavy atom. The minimum absolute atomic E-state index is 0. The molecule has 136 valence electrons. The van der Waals surface area contributed by atoms with Gasteiger partial charge in [0.05, 0.1) is 6.20 Å². The van der Waals surface area contributed by atoms with Crippen LogP contribution in [0.25, 0.3) is 0 Å². The lowest BCUT2D eigenvalue weighted by atomic mass is 10.1. The van der Waals surface area contributed by atoms with Crippen LogP contribution in [0, 0.1) is 5.92 Å². The quantitative estimate of drug-likeness (QED) is 0.875. The van der Waals surface area contributed by atoms with Crippen LogP contribution in [-0.4, -0.2) is 39.9 Å². The highest BCUT2D eigenvalue weighted by atomic mass is 35.5. The van der Waals surface area contributed by atoms with E-state index in [0.29, 0.717) is 36.2 Å². The molecule has 3 rings (SSSR count). The van der Waals surface area contributed by atoms with E-state index in [4.69, 9.17) is 10.5 Å². The lowest BCUT2D eigenvalue weighted by Crippen LogP contribution is -2.34. The first kappa shape index (κ1) is 21.2. The van der Waals surface area contributed by atoms with Crippen LogP contribution in [0.2, 0.25) is 0 Å². The number of carbonyl (C=O) groups excluding carboxylic acids is 1. The molecule has 0 saturated carbocycles. The molecular formula is C17H22Cl2N4O2. The summed E-state index contributed by atoms with van der Waals surface area (Å²) in [6.45, 7) is 3.39. The van der Waals surface area contributed by atoms with Gasteiger partial charge in [0, 0.05) is 30.5 Å². The Bertz CT molecular complexity index is 687. The van der Waals surface area contributed by atoms with Crippen LogP contribution in [0.4, 0.5) is 0 Å². The molecule has 0 radical (unpaired) electrons. The molecule has 1 aliphatic heterocycles. The minimum atomic E-state index is 0. The van der Waals surface area contributed by atoms with Crippen molar-refractivity contribution in [3.05, 3.63) is 48.4 Å². The Hall–Kier alpha value is -1.89. The Kier molecular flexibility index (Phi) is 8.09. The number of benzene rings is 1. The number of aromatic nitrogens is 2. The summed E-state index contributed by atoms with van der Waals surface area (Å²) in [5, 5.41) is 0. The van der Waals surface area contributed by atoms with Gasteiger partial charge in [-0.3, -0.25) is 9.78 Å². The fourth-order valence-electron chi connectivity index (χ4n) is 2.91. The molecule has 8 heteroatoms. The normalized spacial score (nSPS) is 18.9. The van der Waals surface area contributed by atoms with E-state index in [0.717, 1.165) is 6.42 Å². The minimum Gasteiger partial charge on any atom is -0.437 e. The van der Waals surface area contributed by atoms with Crippen molar-refractivity contribution in [3.8, 4) is 11.6 Å². The van der Waals surface area contributed by atoms with Gasteiger partial charge in [-0.2, -0.15) is 0 Å². The second-order valence-corrected chi connectivity index (χ2v) is 5.82. The third-order valence-electron chi connectivity index (χ3n) is 4.10. The van der Waals surface area contributed by atoms with Gasteiger partial charge in [0.1, 0.15) is 5.75 Å². The zero-order chi connectivity index (χ0) is 16.2. The molecule has 1 amide bonds. The first-order valence-corrected chi connectivity index (χ1v) is 7.72. The van der Waals surface area contributed by atoms with Crippen molar-refractivity contribution in [3.63, 3.8) is 0 Å². The van der Waals surface area contributed by atoms with Gasteiger partial charge in [0.15, 0.2) is 0 Å². The van der Waals surface area contributed by atoms with Crippen LogP contribution in [0.5, 0.6) is 11.6 Å². The fraction of sp³-hybridized carbons (Fsp3) is 0.353. The van der Waals surface area contributed by atoms with Gasteiger partial charge >= 0.3 is 0 Å². The zero-order valence-electron chi connectivity index (χ0n) is 13.9. The fourth-order valence-corrected chi connectivity index (χ4v) is 2.91. The third kappa shape index (κ3) is 5.04. The van der Waals surface area contributed by atoms with Crippen LogP contribution < -0.4 is 10.5 Å². The molecule has 1 saturated heterocycles. The monoisotopic (exact) mass is 384 g/mol. The highest BCUT2D eigenvalue weighted by Gasteiger charge is 2.32. The Balaban J connectivity index is 0.00000156. The number of nitrogens with two attached hydrogens (primary N) is 1. The highest BCUT2D eigenvalue weighted by molar-refractivity contribution is 5.95. The molecule has 25 heavy (non-hydrogen) atoms. The lowest BCUT2D eigenvalue weighted by Gasteiger charge is -2.21. The lowest BCUT2D eigenvalue weighted by molar-refractivity contribution is 0.0743. The predicted molar refractivity (Wildman–Crippen MR) is 101 cm³/mol. The van der Waals surface area contributed by atoms with Crippen molar-refractivity contribution in [1.29, 1.82) is 0 Å². The highest BCUT2D eigenvalue weighted by Crippen LogP contribution is 2.26. The van der Waals surface area contributed by atoms with Crippen LogP contribution in [0.1, 0.15) is 23.7 Å². The van der Waals surface area contributed by atoms with E-state index in [1.807, 2.05) is 4.90 Å². The summed E-state index contributed by atoms with van der Waals surface area (Å²) in [5.74, 6) is 1.36. The van der Waals surface area contributed by atoms with Crippen molar-refractivity contribution >= 4 is 30.7 Å². The Morgan fingerprint density at radius 3 is 2.80 bits per heavy atom. The number of halogens is 2. The maximum absolute atomic E-state index is 12.7. The summed E-state index contributed by atoms with van der Waals surface area (Å²) in [6.07, 6.45) is 5.62. The van der Waals surface area contributed by atoms with E-state index in [2.05, 4.69) is 16.9 Å². The summed E-state index contributed by atoms with van der Waals surface area (Å²) >= 11 is 0.